The first kappa shape index (κ1) is 20.6. The van der Waals surface area contributed by atoms with Crippen LogP contribution in [0, 0.1) is 13.8 Å². The van der Waals surface area contributed by atoms with E-state index in [1.54, 1.807) is 0 Å². The number of ketones is 1. The fourth-order valence-corrected chi connectivity index (χ4v) is 3.28. The number of carbonyl (C=O) groups excluding carboxylic acids is 3. The number of benzene rings is 1. The second-order valence-electron chi connectivity index (χ2n) is 6.79. The minimum atomic E-state index is -4.52. The highest BCUT2D eigenvalue weighted by Gasteiger charge is 2.32. The number of piperidine rings is 1. The molecule has 1 aliphatic rings. The zero-order valence-electron chi connectivity index (χ0n) is 15.8. The van der Waals surface area contributed by atoms with Gasteiger partial charge in [0.1, 0.15) is 6.04 Å². The van der Waals surface area contributed by atoms with E-state index in [1.807, 2.05) is 0 Å². The number of carbonyl (C=O) groups is 3. The number of nitrogens with zero attached hydrogens (tertiary/aromatic N) is 2. The summed E-state index contributed by atoms with van der Waals surface area (Å²) >= 11 is 0. The van der Waals surface area contributed by atoms with Crippen LogP contribution < -0.4 is 10.6 Å². The topological polar surface area (TPSA) is 93.1 Å². The molecule has 3 rings (SSSR count). The SMILES string of the molecule is Cc1nn(-c2cccc(C(F)(F)F)c2)c(C)c1C(=O)C(=O)NC1CCCNC1=O. The number of halogens is 3. The summed E-state index contributed by atoms with van der Waals surface area (Å²) in [6.45, 7) is 3.50. The van der Waals surface area contributed by atoms with Gasteiger partial charge < -0.3 is 10.6 Å². The molecule has 1 aromatic heterocycles. The molecule has 1 aliphatic heterocycles. The van der Waals surface area contributed by atoms with Gasteiger partial charge >= 0.3 is 6.18 Å². The van der Waals surface area contributed by atoms with Crippen LogP contribution in [-0.2, 0) is 15.8 Å². The molecule has 0 bridgehead atoms. The fraction of sp³-hybridized carbons (Fsp3) is 0.368. The van der Waals surface area contributed by atoms with Crippen molar-refractivity contribution in [1.29, 1.82) is 0 Å². The standard InChI is InChI=1S/C19H19F3N4O3/c1-10-15(16(27)18(29)24-14-7-4-8-23-17(14)28)11(2)26(25-10)13-6-3-5-12(9-13)19(20,21)22/h3,5-6,9,14H,4,7-8H2,1-2H3,(H,23,28)(H,24,29). The van der Waals surface area contributed by atoms with Crippen LogP contribution in [0.4, 0.5) is 13.2 Å². The molecule has 1 aromatic carbocycles. The summed E-state index contributed by atoms with van der Waals surface area (Å²) in [5.74, 6) is -2.20. The van der Waals surface area contributed by atoms with E-state index >= 15 is 0 Å². The van der Waals surface area contributed by atoms with E-state index in [4.69, 9.17) is 0 Å². The number of rotatable bonds is 4. The van der Waals surface area contributed by atoms with Gasteiger partial charge in [-0.3, -0.25) is 14.4 Å². The van der Waals surface area contributed by atoms with Crippen molar-refractivity contribution in [2.75, 3.05) is 6.54 Å². The smallest absolute Gasteiger partial charge is 0.354 e. The molecule has 1 fully saturated rings. The number of amides is 2. The maximum Gasteiger partial charge on any atom is 0.416 e. The molecule has 0 saturated carbocycles. The van der Waals surface area contributed by atoms with E-state index in [9.17, 15) is 27.6 Å². The van der Waals surface area contributed by atoms with Crippen LogP contribution in [0.1, 0.15) is 40.2 Å². The van der Waals surface area contributed by atoms with Gasteiger partial charge in [-0.25, -0.2) is 4.68 Å². The molecule has 2 heterocycles. The second-order valence-corrected chi connectivity index (χ2v) is 6.79. The van der Waals surface area contributed by atoms with Crippen LogP contribution in [0.25, 0.3) is 5.69 Å². The van der Waals surface area contributed by atoms with Gasteiger partial charge in [0.05, 0.1) is 28.2 Å². The maximum absolute atomic E-state index is 13.0. The molecule has 10 heteroatoms. The van der Waals surface area contributed by atoms with Gasteiger partial charge in [0.2, 0.25) is 5.91 Å². The Bertz CT molecular complexity index is 982. The number of hydrogen-bond acceptors (Lipinski definition) is 4. The lowest BCUT2D eigenvalue weighted by Crippen LogP contribution is -2.51. The zero-order valence-corrected chi connectivity index (χ0v) is 15.8. The van der Waals surface area contributed by atoms with E-state index in [0.29, 0.717) is 19.4 Å². The fourth-order valence-electron chi connectivity index (χ4n) is 3.28. The van der Waals surface area contributed by atoms with Crippen molar-refractivity contribution < 1.29 is 27.6 Å². The monoisotopic (exact) mass is 408 g/mol. The molecule has 0 aliphatic carbocycles. The maximum atomic E-state index is 13.0. The molecule has 2 amide bonds. The van der Waals surface area contributed by atoms with Crippen molar-refractivity contribution in [3.05, 3.63) is 46.8 Å². The van der Waals surface area contributed by atoms with E-state index in [1.165, 1.54) is 30.7 Å². The largest absolute Gasteiger partial charge is 0.416 e. The quantitative estimate of drug-likeness (QED) is 0.599. The van der Waals surface area contributed by atoms with Crippen LogP contribution >= 0.6 is 0 Å². The molecule has 1 atom stereocenters. The first-order valence-electron chi connectivity index (χ1n) is 8.96. The van der Waals surface area contributed by atoms with E-state index < -0.39 is 29.5 Å². The molecule has 7 nitrogen and oxygen atoms in total. The van der Waals surface area contributed by atoms with Crippen molar-refractivity contribution in [3.63, 3.8) is 0 Å². The Morgan fingerprint density at radius 1 is 1.28 bits per heavy atom. The summed E-state index contributed by atoms with van der Waals surface area (Å²) in [4.78, 5) is 36.8. The van der Waals surface area contributed by atoms with Crippen molar-refractivity contribution in [3.8, 4) is 5.69 Å². The minimum absolute atomic E-state index is 0.00358. The number of alkyl halides is 3. The van der Waals surface area contributed by atoms with Crippen LogP contribution in [0.2, 0.25) is 0 Å². The zero-order chi connectivity index (χ0) is 21.3. The van der Waals surface area contributed by atoms with Gasteiger partial charge in [-0.05, 0) is 44.9 Å². The van der Waals surface area contributed by atoms with Gasteiger partial charge in [0, 0.05) is 6.54 Å². The van der Waals surface area contributed by atoms with Crippen molar-refractivity contribution >= 4 is 17.6 Å². The van der Waals surface area contributed by atoms with Gasteiger partial charge in [-0.15, -0.1) is 0 Å². The predicted molar refractivity (Wildman–Crippen MR) is 96.5 cm³/mol. The van der Waals surface area contributed by atoms with Gasteiger partial charge in [0.15, 0.2) is 0 Å². The summed E-state index contributed by atoms with van der Waals surface area (Å²) in [7, 11) is 0. The second kappa shape index (κ2) is 7.69. The highest BCUT2D eigenvalue weighted by molar-refractivity contribution is 6.43. The number of aromatic nitrogens is 2. The molecule has 0 radical (unpaired) electrons. The van der Waals surface area contributed by atoms with Crippen LogP contribution in [0.3, 0.4) is 0 Å². The molecular weight excluding hydrogens is 389 g/mol. The lowest BCUT2D eigenvalue weighted by atomic mass is 10.0. The molecule has 1 saturated heterocycles. The van der Waals surface area contributed by atoms with Crippen LogP contribution in [0.5, 0.6) is 0 Å². The third-order valence-corrected chi connectivity index (χ3v) is 4.73. The normalized spacial score (nSPS) is 17.0. The van der Waals surface area contributed by atoms with Crippen molar-refractivity contribution in [2.45, 2.75) is 38.9 Å². The number of nitrogens with one attached hydrogen (secondary N) is 2. The molecule has 0 spiro atoms. The Kier molecular flexibility index (Phi) is 5.45. The predicted octanol–water partition coefficient (Wildman–Crippen LogP) is 2.09. The average Bonchev–Trinajstić information content (AvgIpc) is 2.96. The lowest BCUT2D eigenvalue weighted by Gasteiger charge is -2.22. The number of hydrogen-bond donors (Lipinski definition) is 2. The van der Waals surface area contributed by atoms with Crippen molar-refractivity contribution in [1.82, 2.24) is 20.4 Å². The third kappa shape index (κ3) is 4.15. The molecular formula is C19H19F3N4O3. The summed E-state index contributed by atoms with van der Waals surface area (Å²) < 4.78 is 40.2. The number of aryl methyl sites for hydroxylation is 1. The molecule has 2 N–H and O–H groups in total. The van der Waals surface area contributed by atoms with Gasteiger partial charge in [-0.1, -0.05) is 6.07 Å². The minimum Gasteiger partial charge on any atom is -0.354 e. The molecule has 29 heavy (non-hydrogen) atoms. The van der Waals surface area contributed by atoms with Gasteiger partial charge in [-0.2, -0.15) is 18.3 Å². The lowest BCUT2D eigenvalue weighted by molar-refractivity contribution is -0.137. The van der Waals surface area contributed by atoms with E-state index in [2.05, 4.69) is 15.7 Å². The molecule has 1 unspecified atom stereocenters. The highest BCUT2D eigenvalue weighted by Crippen LogP contribution is 2.31. The number of Topliss-reactive ketones (excluding diaryl/α,β-unsaturated/α-hetero) is 1. The van der Waals surface area contributed by atoms with Crippen LogP contribution in [0.15, 0.2) is 24.3 Å². The van der Waals surface area contributed by atoms with Gasteiger partial charge in [0.25, 0.3) is 11.7 Å². The summed E-state index contributed by atoms with van der Waals surface area (Å²) in [6, 6.07) is 3.73. The molecule has 2 aromatic rings. The summed E-state index contributed by atoms with van der Waals surface area (Å²) in [5, 5.41) is 9.16. The van der Waals surface area contributed by atoms with Crippen LogP contribution in [-0.4, -0.2) is 40.0 Å². The average molecular weight is 408 g/mol. The first-order valence-corrected chi connectivity index (χ1v) is 8.96. The summed E-state index contributed by atoms with van der Waals surface area (Å²) in [5.41, 5.74) is -0.303. The Morgan fingerprint density at radius 3 is 2.66 bits per heavy atom. The Morgan fingerprint density at radius 2 is 2.00 bits per heavy atom. The van der Waals surface area contributed by atoms with Crippen molar-refractivity contribution in [2.24, 2.45) is 0 Å². The highest BCUT2D eigenvalue weighted by atomic mass is 19.4. The third-order valence-electron chi connectivity index (χ3n) is 4.73. The van der Waals surface area contributed by atoms with E-state index in [-0.39, 0.29) is 28.5 Å². The summed E-state index contributed by atoms with van der Waals surface area (Å²) in [6.07, 6.45) is -3.42. The first-order chi connectivity index (χ1) is 13.6. The Balaban J connectivity index is 1.88. The Labute approximate surface area is 164 Å². The molecule has 154 valence electrons. The Hall–Kier alpha value is -3.17. The van der Waals surface area contributed by atoms with E-state index in [0.717, 1.165) is 12.1 Å².